The van der Waals surface area contributed by atoms with Crippen molar-refractivity contribution in [1.29, 1.82) is 0 Å². The lowest BCUT2D eigenvalue weighted by Gasteiger charge is -1.94. The first-order chi connectivity index (χ1) is 4.33. The number of nitrogens with zero attached hydrogens (tertiary/aromatic N) is 1. The molecule has 1 heterocycles. The zero-order valence-electron chi connectivity index (χ0n) is 5.89. The zero-order valence-corrected chi connectivity index (χ0v) is 5.89. The van der Waals surface area contributed by atoms with E-state index in [2.05, 4.69) is 18.0 Å². The lowest BCUT2D eigenvalue weighted by molar-refractivity contribution is 1.13. The average Bonchev–Trinajstić information content (AvgIpc) is 1.88. The van der Waals surface area contributed by atoms with Crippen molar-refractivity contribution in [1.82, 2.24) is 4.98 Å². The van der Waals surface area contributed by atoms with Gasteiger partial charge in [0.05, 0.1) is 0 Å². The number of pyridine rings is 1. The fourth-order valence-electron chi connectivity index (χ4n) is 0.824. The maximum absolute atomic E-state index is 4.09. The van der Waals surface area contributed by atoms with Crippen molar-refractivity contribution in [3.8, 4) is 0 Å². The van der Waals surface area contributed by atoms with Gasteiger partial charge in [-0.05, 0) is 29.7 Å². The Bertz CT molecular complexity index is 198. The van der Waals surface area contributed by atoms with Crippen molar-refractivity contribution in [3.05, 3.63) is 23.9 Å². The molecule has 0 spiro atoms. The van der Waals surface area contributed by atoms with E-state index in [-0.39, 0.29) is 0 Å². The largest absolute Gasteiger partial charge is 0.272 e. The van der Waals surface area contributed by atoms with Gasteiger partial charge < -0.3 is 0 Å². The summed E-state index contributed by atoms with van der Waals surface area (Å²) in [7, 11) is 2.01. The maximum Gasteiger partial charge on any atom is 0.163 e. The highest BCUT2D eigenvalue weighted by Crippen LogP contribution is 1.92. The van der Waals surface area contributed by atoms with E-state index < -0.39 is 0 Å². The average molecular weight is 119 g/mol. The van der Waals surface area contributed by atoms with E-state index in [9.17, 15) is 0 Å². The van der Waals surface area contributed by atoms with Gasteiger partial charge in [0.25, 0.3) is 0 Å². The summed E-state index contributed by atoms with van der Waals surface area (Å²) in [5.74, 6) is 0. The van der Waals surface area contributed by atoms with Crippen LogP contribution in [-0.4, -0.2) is 12.8 Å². The first-order valence-corrected chi connectivity index (χ1v) is 3.24. The quantitative estimate of drug-likeness (QED) is 0.470. The van der Waals surface area contributed by atoms with Gasteiger partial charge in [-0.2, -0.15) is 0 Å². The van der Waals surface area contributed by atoms with Crippen LogP contribution in [-0.2, 0) is 6.42 Å². The molecule has 0 aliphatic carbocycles. The Hall–Kier alpha value is -0.785. The molecule has 0 unspecified atom stereocenters. The molecule has 9 heavy (non-hydrogen) atoms. The van der Waals surface area contributed by atoms with Gasteiger partial charge in [-0.3, -0.25) is 4.98 Å². The van der Waals surface area contributed by atoms with Crippen LogP contribution >= 0.6 is 0 Å². The molecule has 2 heteroatoms. The van der Waals surface area contributed by atoms with Crippen LogP contribution in [0.1, 0.15) is 12.5 Å². The molecular formula is C7H10BN. The molecule has 1 aromatic heterocycles. The summed E-state index contributed by atoms with van der Waals surface area (Å²) >= 11 is 0. The number of hydrogen-bond donors (Lipinski definition) is 0. The standard InChI is InChI=1S/C7H10BN/c1-2-6-3-4-9-7(8)5-6/h3-5H,2,8H2,1H3. The van der Waals surface area contributed by atoms with Crippen molar-refractivity contribution in [2.24, 2.45) is 0 Å². The molecule has 0 amide bonds. The van der Waals surface area contributed by atoms with E-state index in [1.54, 1.807) is 0 Å². The molecule has 0 atom stereocenters. The highest BCUT2D eigenvalue weighted by Gasteiger charge is 1.87. The predicted octanol–water partition coefficient (Wildman–Crippen LogP) is -0.0976. The van der Waals surface area contributed by atoms with E-state index in [1.165, 1.54) is 5.56 Å². The summed E-state index contributed by atoms with van der Waals surface area (Å²) in [6, 6.07) is 4.16. The molecular weight excluding hydrogens is 109 g/mol. The highest BCUT2D eigenvalue weighted by atomic mass is 14.6. The number of hydrogen-bond acceptors (Lipinski definition) is 1. The smallest absolute Gasteiger partial charge is 0.163 e. The Kier molecular flexibility index (Phi) is 1.88. The fraction of sp³-hybridized carbons (Fsp3) is 0.286. The summed E-state index contributed by atoms with van der Waals surface area (Å²) in [6.07, 6.45) is 2.96. The Balaban J connectivity index is 2.94. The van der Waals surface area contributed by atoms with Gasteiger partial charge in [-0.15, -0.1) is 0 Å². The monoisotopic (exact) mass is 119 g/mol. The van der Waals surface area contributed by atoms with E-state index >= 15 is 0 Å². The third kappa shape index (κ3) is 1.56. The minimum Gasteiger partial charge on any atom is -0.272 e. The topological polar surface area (TPSA) is 12.9 Å². The van der Waals surface area contributed by atoms with Crippen molar-refractivity contribution >= 4 is 13.4 Å². The number of rotatable bonds is 1. The predicted molar refractivity (Wildman–Crippen MR) is 41.8 cm³/mol. The molecule has 0 N–H and O–H groups in total. The maximum atomic E-state index is 4.09. The molecule has 0 saturated heterocycles. The second-order valence-electron chi connectivity index (χ2n) is 2.16. The van der Waals surface area contributed by atoms with Gasteiger partial charge in [0.1, 0.15) is 0 Å². The van der Waals surface area contributed by atoms with Gasteiger partial charge >= 0.3 is 0 Å². The minimum absolute atomic E-state index is 1.10. The minimum atomic E-state index is 1.10. The van der Waals surface area contributed by atoms with Crippen LogP contribution < -0.4 is 5.59 Å². The second kappa shape index (κ2) is 2.67. The van der Waals surface area contributed by atoms with Crippen molar-refractivity contribution < 1.29 is 0 Å². The summed E-state index contributed by atoms with van der Waals surface area (Å²) in [6.45, 7) is 2.15. The second-order valence-corrected chi connectivity index (χ2v) is 2.16. The molecule has 0 fully saturated rings. The normalized spacial score (nSPS) is 9.44. The first-order valence-electron chi connectivity index (χ1n) is 3.24. The molecule has 1 nitrogen and oxygen atoms in total. The number of aromatic nitrogens is 1. The third-order valence-electron chi connectivity index (χ3n) is 1.37. The summed E-state index contributed by atoms with van der Waals surface area (Å²) in [5.41, 5.74) is 2.47. The van der Waals surface area contributed by atoms with E-state index in [1.807, 2.05) is 20.1 Å². The van der Waals surface area contributed by atoms with Crippen LogP contribution in [0.15, 0.2) is 18.3 Å². The van der Waals surface area contributed by atoms with Crippen LogP contribution in [0.2, 0.25) is 0 Å². The van der Waals surface area contributed by atoms with Crippen LogP contribution in [0.25, 0.3) is 0 Å². The van der Waals surface area contributed by atoms with Crippen LogP contribution in [0.5, 0.6) is 0 Å². The lowest BCUT2D eigenvalue weighted by Crippen LogP contribution is -2.07. The van der Waals surface area contributed by atoms with Gasteiger partial charge in [-0.1, -0.05) is 6.92 Å². The third-order valence-corrected chi connectivity index (χ3v) is 1.37. The van der Waals surface area contributed by atoms with Gasteiger partial charge in [0.15, 0.2) is 7.85 Å². The van der Waals surface area contributed by atoms with Crippen LogP contribution in [0, 0.1) is 0 Å². The summed E-state index contributed by atoms with van der Waals surface area (Å²) in [5, 5.41) is 0. The molecule has 1 aromatic rings. The molecule has 0 aliphatic rings. The van der Waals surface area contributed by atoms with Crippen molar-refractivity contribution in [2.45, 2.75) is 13.3 Å². The molecule has 0 saturated carbocycles. The van der Waals surface area contributed by atoms with Gasteiger partial charge in [0, 0.05) is 6.20 Å². The Morgan fingerprint density at radius 1 is 1.67 bits per heavy atom. The fourth-order valence-corrected chi connectivity index (χ4v) is 0.824. The summed E-state index contributed by atoms with van der Waals surface area (Å²) < 4.78 is 0. The molecule has 0 aliphatic heterocycles. The molecule has 0 bridgehead atoms. The molecule has 0 radical (unpaired) electrons. The van der Waals surface area contributed by atoms with Gasteiger partial charge in [0.2, 0.25) is 0 Å². The number of aryl methyl sites for hydroxylation is 1. The molecule has 1 rings (SSSR count). The van der Waals surface area contributed by atoms with E-state index in [4.69, 9.17) is 0 Å². The van der Waals surface area contributed by atoms with E-state index in [0.29, 0.717) is 0 Å². The summed E-state index contributed by atoms with van der Waals surface area (Å²) in [4.78, 5) is 4.09. The van der Waals surface area contributed by atoms with Crippen molar-refractivity contribution in [3.63, 3.8) is 0 Å². The first kappa shape index (κ1) is 6.34. The van der Waals surface area contributed by atoms with Crippen LogP contribution in [0.3, 0.4) is 0 Å². The van der Waals surface area contributed by atoms with Gasteiger partial charge in [-0.25, -0.2) is 0 Å². The Labute approximate surface area is 56.5 Å². The molecule has 46 valence electrons. The zero-order chi connectivity index (χ0) is 6.69. The lowest BCUT2D eigenvalue weighted by atomic mass is 10.0. The van der Waals surface area contributed by atoms with Crippen LogP contribution in [0.4, 0.5) is 0 Å². The van der Waals surface area contributed by atoms with E-state index in [0.717, 1.165) is 12.0 Å². The highest BCUT2D eigenvalue weighted by molar-refractivity contribution is 6.30. The SMILES string of the molecule is Bc1cc(CC)ccn1. The Morgan fingerprint density at radius 3 is 2.89 bits per heavy atom. The van der Waals surface area contributed by atoms with Crippen molar-refractivity contribution in [2.75, 3.05) is 0 Å². The molecule has 0 aromatic carbocycles. The Morgan fingerprint density at radius 2 is 2.44 bits per heavy atom.